The summed E-state index contributed by atoms with van der Waals surface area (Å²) in [6, 6.07) is 10.3. The lowest BCUT2D eigenvalue weighted by atomic mass is 10.1. The number of hydrogen-bond acceptors (Lipinski definition) is 2. The third-order valence-electron chi connectivity index (χ3n) is 2.37. The quantitative estimate of drug-likeness (QED) is 0.816. The van der Waals surface area contributed by atoms with E-state index < -0.39 is 0 Å². The highest BCUT2D eigenvalue weighted by Gasteiger charge is 2.05. The Balaban J connectivity index is 1.91. The Labute approximate surface area is 89.5 Å². The molecule has 1 heterocycles. The number of aliphatic hydroxyl groups is 1. The lowest BCUT2D eigenvalue weighted by Crippen LogP contribution is -2.01. The SMILES string of the molecule is OC1=CCOC(CCc2ccccc2)=C1. The maximum atomic E-state index is 9.28. The van der Waals surface area contributed by atoms with E-state index in [1.165, 1.54) is 5.56 Å². The predicted octanol–water partition coefficient (Wildman–Crippen LogP) is 2.98. The zero-order valence-corrected chi connectivity index (χ0v) is 8.52. The van der Waals surface area contributed by atoms with Gasteiger partial charge >= 0.3 is 0 Å². The Morgan fingerprint density at radius 1 is 1.13 bits per heavy atom. The van der Waals surface area contributed by atoms with Gasteiger partial charge in [0.15, 0.2) is 0 Å². The zero-order chi connectivity index (χ0) is 10.5. The molecular weight excluding hydrogens is 188 g/mol. The van der Waals surface area contributed by atoms with Gasteiger partial charge in [-0.15, -0.1) is 0 Å². The van der Waals surface area contributed by atoms with E-state index >= 15 is 0 Å². The topological polar surface area (TPSA) is 29.5 Å². The number of hydrogen-bond donors (Lipinski definition) is 1. The van der Waals surface area contributed by atoms with Gasteiger partial charge in [-0.25, -0.2) is 0 Å². The molecule has 0 unspecified atom stereocenters. The van der Waals surface area contributed by atoms with E-state index in [9.17, 15) is 5.11 Å². The van der Waals surface area contributed by atoms with Crippen LogP contribution in [0.15, 0.2) is 54.0 Å². The van der Waals surface area contributed by atoms with E-state index in [1.807, 2.05) is 18.2 Å². The second kappa shape index (κ2) is 4.69. The molecule has 0 saturated carbocycles. The molecule has 0 aromatic heterocycles. The summed E-state index contributed by atoms with van der Waals surface area (Å²) in [7, 11) is 0. The van der Waals surface area contributed by atoms with Gasteiger partial charge in [-0.05, 0) is 18.1 Å². The van der Waals surface area contributed by atoms with Crippen LogP contribution < -0.4 is 0 Å². The van der Waals surface area contributed by atoms with Crippen molar-refractivity contribution in [1.82, 2.24) is 0 Å². The van der Waals surface area contributed by atoms with Crippen molar-refractivity contribution in [3.63, 3.8) is 0 Å². The summed E-state index contributed by atoms with van der Waals surface area (Å²) < 4.78 is 5.39. The molecule has 1 aliphatic heterocycles. The van der Waals surface area contributed by atoms with Crippen LogP contribution in [0, 0.1) is 0 Å². The van der Waals surface area contributed by atoms with Gasteiger partial charge in [0.25, 0.3) is 0 Å². The molecule has 0 spiro atoms. The van der Waals surface area contributed by atoms with Crippen LogP contribution in [-0.2, 0) is 11.2 Å². The summed E-state index contributed by atoms with van der Waals surface area (Å²) in [5, 5.41) is 9.28. The van der Waals surface area contributed by atoms with Crippen LogP contribution in [-0.4, -0.2) is 11.7 Å². The minimum absolute atomic E-state index is 0.310. The van der Waals surface area contributed by atoms with Crippen molar-refractivity contribution >= 4 is 0 Å². The zero-order valence-electron chi connectivity index (χ0n) is 8.52. The normalized spacial score (nSPS) is 15.2. The van der Waals surface area contributed by atoms with Gasteiger partial charge in [-0.2, -0.15) is 0 Å². The number of rotatable bonds is 3. The molecular formula is C13H14O2. The molecule has 1 aliphatic rings. The molecule has 2 rings (SSSR count). The molecule has 0 aliphatic carbocycles. The lowest BCUT2D eigenvalue weighted by molar-refractivity contribution is 0.221. The Kier molecular flexibility index (Phi) is 3.08. The maximum absolute atomic E-state index is 9.28. The predicted molar refractivity (Wildman–Crippen MR) is 59.5 cm³/mol. The summed E-state index contributed by atoms with van der Waals surface area (Å²) in [5.41, 5.74) is 1.29. The van der Waals surface area contributed by atoms with Gasteiger partial charge < -0.3 is 9.84 Å². The van der Waals surface area contributed by atoms with Crippen LogP contribution in [0.2, 0.25) is 0 Å². The molecule has 0 atom stereocenters. The third-order valence-corrected chi connectivity index (χ3v) is 2.37. The fraction of sp³-hybridized carbons (Fsp3) is 0.231. The van der Waals surface area contributed by atoms with Gasteiger partial charge in [0.05, 0.1) is 0 Å². The van der Waals surface area contributed by atoms with E-state index in [0.717, 1.165) is 18.6 Å². The Morgan fingerprint density at radius 3 is 2.67 bits per heavy atom. The molecule has 78 valence electrons. The van der Waals surface area contributed by atoms with E-state index in [0.29, 0.717) is 12.4 Å². The lowest BCUT2D eigenvalue weighted by Gasteiger charge is -2.12. The molecule has 2 nitrogen and oxygen atoms in total. The highest BCUT2D eigenvalue weighted by molar-refractivity contribution is 5.20. The summed E-state index contributed by atoms with van der Waals surface area (Å²) in [4.78, 5) is 0. The fourth-order valence-corrected chi connectivity index (χ4v) is 1.56. The first-order chi connectivity index (χ1) is 7.34. The summed E-state index contributed by atoms with van der Waals surface area (Å²) >= 11 is 0. The molecule has 15 heavy (non-hydrogen) atoms. The smallest absolute Gasteiger partial charge is 0.118 e. The third kappa shape index (κ3) is 2.88. The van der Waals surface area contributed by atoms with E-state index in [-0.39, 0.29) is 0 Å². The summed E-state index contributed by atoms with van der Waals surface area (Å²) in [6.07, 6.45) is 5.13. The number of ether oxygens (including phenoxy) is 1. The maximum Gasteiger partial charge on any atom is 0.118 e. The average Bonchev–Trinajstić information content (AvgIpc) is 2.28. The highest BCUT2D eigenvalue weighted by Crippen LogP contribution is 2.15. The highest BCUT2D eigenvalue weighted by atomic mass is 16.5. The number of benzene rings is 1. The fourth-order valence-electron chi connectivity index (χ4n) is 1.56. The van der Waals surface area contributed by atoms with Crippen molar-refractivity contribution < 1.29 is 9.84 Å². The van der Waals surface area contributed by atoms with Crippen LogP contribution in [0.5, 0.6) is 0 Å². The van der Waals surface area contributed by atoms with Crippen molar-refractivity contribution in [2.24, 2.45) is 0 Å². The molecule has 1 aromatic carbocycles. The minimum Gasteiger partial charge on any atom is -0.508 e. The largest absolute Gasteiger partial charge is 0.508 e. The first kappa shape index (κ1) is 9.84. The van der Waals surface area contributed by atoms with Crippen molar-refractivity contribution in [3.05, 3.63) is 59.6 Å². The van der Waals surface area contributed by atoms with Crippen molar-refractivity contribution in [1.29, 1.82) is 0 Å². The molecule has 0 radical (unpaired) electrons. The van der Waals surface area contributed by atoms with Gasteiger partial charge in [0, 0.05) is 12.5 Å². The molecule has 2 heteroatoms. The van der Waals surface area contributed by atoms with Gasteiger partial charge in [0.2, 0.25) is 0 Å². The standard InChI is InChI=1S/C13H14O2/c14-12-8-9-15-13(10-12)7-6-11-4-2-1-3-5-11/h1-5,8,10,14H,6-7,9H2. The Bertz CT molecular complexity index is 377. The van der Waals surface area contributed by atoms with Gasteiger partial charge in [0.1, 0.15) is 18.1 Å². The van der Waals surface area contributed by atoms with Crippen molar-refractivity contribution in [2.45, 2.75) is 12.8 Å². The van der Waals surface area contributed by atoms with Crippen molar-refractivity contribution in [2.75, 3.05) is 6.61 Å². The molecule has 0 amide bonds. The summed E-state index contributed by atoms with van der Waals surface area (Å²) in [5.74, 6) is 1.17. The van der Waals surface area contributed by atoms with Crippen LogP contribution >= 0.6 is 0 Å². The first-order valence-electron chi connectivity index (χ1n) is 5.11. The van der Waals surface area contributed by atoms with Crippen LogP contribution in [0.4, 0.5) is 0 Å². The second-order valence-electron chi connectivity index (χ2n) is 3.54. The Hall–Kier alpha value is -1.70. The summed E-state index contributed by atoms with van der Waals surface area (Å²) in [6.45, 7) is 0.479. The van der Waals surface area contributed by atoms with E-state index in [2.05, 4.69) is 12.1 Å². The number of aliphatic hydroxyl groups excluding tert-OH is 1. The van der Waals surface area contributed by atoms with Crippen LogP contribution in [0.25, 0.3) is 0 Å². The number of aryl methyl sites for hydroxylation is 1. The molecule has 1 N–H and O–H groups in total. The van der Waals surface area contributed by atoms with Crippen LogP contribution in [0.1, 0.15) is 12.0 Å². The van der Waals surface area contributed by atoms with E-state index in [1.54, 1.807) is 12.2 Å². The second-order valence-corrected chi connectivity index (χ2v) is 3.54. The average molecular weight is 202 g/mol. The van der Waals surface area contributed by atoms with Crippen molar-refractivity contribution in [3.8, 4) is 0 Å². The molecule has 0 saturated heterocycles. The monoisotopic (exact) mass is 202 g/mol. The minimum atomic E-state index is 0.310. The molecule has 0 fully saturated rings. The molecule has 1 aromatic rings. The number of allylic oxidation sites excluding steroid dienone is 2. The Morgan fingerprint density at radius 2 is 1.93 bits per heavy atom. The van der Waals surface area contributed by atoms with Gasteiger partial charge in [-0.1, -0.05) is 30.3 Å². The van der Waals surface area contributed by atoms with Crippen LogP contribution in [0.3, 0.4) is 0 Å². The molecule has 0 bridgehead atoms. The van der Waals surface area contributed by atoms with E-state index in [4.69, 9.17) is 4.74 Å². The van der Waals surface area contributed by atoms with Gasteiger partial charge in [-0.3, -0.25) is 0 Å². The first-order valence-corrected chi connectivity index (χ1v) is 5.11.